The molecule has 0 spiro atoms. The van der Waals surface area contributed by atoms with Gasteiger partial charge >= 0.3 is 0 Å². The first-order valence-corrected chi connectivity index (χ1v) is 6.05. The highest BCUT2D eigenvalue weighted by Crippen LogP contribution is 2.04. The fourth-order valence-electron chi connectivity index (χ4n) is 1.48. The van der Waals surface area contributed by atoms with Crippen molar-refractivity contribution in [2.45, 2.75) is 65.5 Å². The second-order valence-corrected chi connectivity index (χ2v) is 4.13. The molecular formula is C12H27NO. The lowest BCUT2D eigenvalue weighted by Crippen LogP contribution is -2.34. The summed E-state index contributed by atoms with van der Waals surface area (Å²) in [6.45, 7) is 10.5. The van der Waals surface area contributed by atoms with Gasteiger partial charge in [0.1, 0.15) is 0 Å². The molecule has 0 amide bonds. The van der Waals surface area contributed by atoms with Crippen LogP contribution in [0.3, 0.4) is 0 Å². The molecule has 0 saturated carbocycles. The summed E-state index contributed by atoms with van der Waals surface area (Å²) in [6, 6.07) is 0.550. The van der Waals surface area contributed by atoms with E-state index in [0.717, 1.165) is 13.2 Å². The number of likely N-dealkylation sites (N-methyl/N-ethyl adjacent to an activating group) is 1. The Kier molecular flexibility index (Phi) is 9.42. The highest BCUT2D eigenvalue weighted by atomic mass is 16.5. The Morgan fingerprint density at radius 3 is 2.36 bits per heavy atom. The van der Waals surface area contributed by atoms with Gasteiger partial charge in [-0.05, 0) is 26.8 Å². The van der Waals surface area contributed by atoms with Crippen molar-refractivity contribution >= 4 is 0 Å². The Bertz CT molecular complexity index is 115. The summed E-state index contributed by atoms with van der Waals surface area (Å²) >= 11 is 0. The summed E-state index contributed by atoms with van der Waals surface area (Å²) in [5.74, 6) is 0. The third-order valence-corrected chi connectivity index (χ3v) is 2.28. The molecule has 1 N–H and O–H groups in total. The summed E-state index contributed by atoms with van der Waals surface area (Å²) in [4.78, 5) is 0. The molecule has 0 rings (SSSR count). The van der Waals surface area contributed by atoms with Crippen molar-refractivity contribution in [3.8, 4) is 0 Å². The maximum atomic E-state index is 5.62. The van der Waals surface area contributed by atoms with Gasteiger partial charge in [-0.15, -0.1) is 0 Å². The lowest BCUT2D eigenvalue weighted by molar-refractivity contribution is 0.0593. The standard InChI is InChI=1S/C12H27NO/c1-5-7-8-9-12(13-6-2)10-14-11(3)4/h11-13H,5-10H2,1-4H3. The van der Waals surface area contributed by atoms with Crippen LogP contribution in [-0.4, -0.2) is 25.3 Å². The molecule has 0 heterocycles. The first kappa shape index (κ1) is 13.9. The summed E-state index contributed by atoms with van der Waals surface area (Å²) in [6.07, 6.45) is 5.54. The molecule has 14 heavy (non-hydrogen) atoms. The second kappa shape index (κ2) is 9.47. The van der Waals surface area contributed by atoms with Gasteiger partial charge < -0.3 is 10.1 Å². The molecule has 86 valence electrons. The molecule has 0 aliphatic carbocycles. The Morgan fingerprint density at radius 2 is 1.86 bits per heavy atom. The molecule has 0 bridgehead atoms. The van der Waals surface area contributed by atoms with Gasteiger partial charge in [0.25, 0.3) is 0 Å². The Morgan fingerprint density at radius 1 is 1.14 bits per heavy atom. The SMILES string of the molecule is CCCCCC(COC(C)C)NCC. The molecule has 2 nitrogen and oxygen atoms in total. The zero-order chi connectivity index (χ0) is 10.8. The second-order valence-electron chi connectivity index (χ2n) is 4.13. The van der Waals surface area contributed by atoms with Crippen LogP contribution >= 0.6 is 0 Å². The van der Waals surface area contributed by atoms with E-state index in [9.17, 15) is 0 Å². The normalized spacial score (nSPS) is 13.5. The van der Waals surface area contributed by atoms with Crippen LogP contribution in [0.15, 0.2) is 0 Å². The molecule has 1 atom stereocenters. The minimum absolute atomic E-state index is 0.349. The predicted molar refractivity (Wildman–Crippen MR) is 62.7 cm³/mol. The van der Waals surface area contributed by atoms with E-state index in [2.05, 4.69) is 33.0 Å². The summed E-state index contributed by atoms with van der Waals surface area (Å²) in [5, 5.41) is 3.47. The number of hydrogen-bond acceptors (Lipinski definition) is 2. The number of nitrogens with one attached hydrogen (secondary N) is 1. The van der Waals surface area contributed by atoms with Gasteiger partial charge in [-0.3, -0.25) is 0 Å². The summed E-state index contributed by atoms with van der Waals surface area (Å²) in [7, 11) is 0. The van der Waals surface area contributed by atoms with Crippen molar-refractivity contribution in [3.63, 3.8) is 0 Å². The molecule has 0 aromatic carbocycles. The average Bonchev–Trinajstić information content (AvgIpc) is 2.14. The molecule has 0 radical (unpaired) electrons. The summed E-state index contributed by atoms with van der Waals surface area (Å²) in [5.41, 5.74) is 0. The smallest absolute Gasteiger partial charge is 0.0623 e. The van der Waals surface area contributed by atoms with Gasteiger partial charge in [0, 0.05) is 6.04 Å². The van der Waals surface area contributed by atoms with Crippen LogP contribution in [0.1, 0.15) is 53.4 Å². The molecular weight excluding hydrogens is 174 g/mol. The molecule has 0 aromatic rings. The Balaban J connectivity index is 3.54. The molecule has 1 unspecified atom stereocenters. The van der Waals surface area contributed by atoms with Crippen molar-refractivity contribution in [3.05, 3.63) is 0 Å². The van der Waals surface area contributed by atoms with E-state index < -0.39 is 0 Å². The zero-order valence-electron chi connectivity index (χ0n) is 10.3. The van der Waals surface area contributed by atoms with E-state index in [4.69, 9.17) is 4.74 Å². The molecule has 0 fully saturated rings. The number of hydrogen-bond donors (Lipinski definition) is 1. The third-order valence-electron chi connectivity index (χ3n) is 2.28. The molecule has 2 heteroatoms. The summed E-state index contributed by atoms with van der Waals surface area (Å²) < 4.78 is 5.62. The average molecular weight is 201 g/mol. The van der Waals surface area contributed by atoms with E-state index in [1.807, 2.05) is 0 Å². The molecule has 0 aliphatic rings. The fourth-order valence-corrected chi connectivity index (χ4v) is 1.48. The third kappa shape index (κ3) is 8.52. The van der Waals surface area contributed by atoms with Gasteiger partial charge in [0.15, 0.2) is 0 Å². The molecule has 0 saturated heterocycles. The largest absolute Gasteiger partial charge is 0.377 e. The zero-order valence-corrected chi connectivity index (χ0v) is 10.3. The molecule has 0 aliphatic heterocycles. The minimum Gasteiger partial charge on any atom is -0.377 e. The lowest BCUT2D eigenvalue weighted by atomic mass is 10.1. The van der Waals surface area contributed by atoms with Crippen LogP contribution in [-0.2, 0) is 4.74 Å². The van der Waals surface area contributed by atoms with Crippen molar-refractivity contribution < 1.29 is 4.74 Å². The van der Waals surface area contributed by atoms with Crippen LogP contribution in [0.25, 0.3) is 0 Å². The van der Waals surface area contributed by atoms with E-state index in [1.165, 1.54) is 25.7 Å². The quantitative estimate of drug-likeness (QED) is 0.579. The van der Waals surface area contributed by atoms with Crippen molar-refractivity contribution in [1.29, 1.82) is 0 Å². The number of rotatable bonds is 9. The van der Waals surface area contributed by atoms with Crippen LogP contribution in [0, 0.1) is 0 Å². The maximum Gasteiger partial charge on any atom is 0.0623 e. The minimum atomic E-state index is 0.349. The van der Waals surface area contributed by atoms with Crippen LogP contribution in [0.4, 0.5) is 0 Å². The number of unbranched alkanes of at least 4 members (excludes halogenated alkanes) is 2. The van der Waals surface area contributed by atoms with Gasteiger partial charge in [-0.1, -0.05) is 33.1 Å². The fraction of sp³-hybridized carbons (Fsp3) is 1.00. The van der Waals surface area contributed by atoms with Crippen LogP contribution in [0.2, 0.25) is 0 Å². The lowest BCUT2D eigenvalue weighted by Gasteiger charge is -2.19. The van der Waals surface area contributed by atoms with Crippen LogP contribution < -0.4 is 5.32 Å². The van der Waals surface area contributed by atoms with E-state index in [1.54, 1.807) is 0 Å². The van der Waals surface area contributed by atoms with Gasteiger partial charge in [-0.2, -0.15) is 0 Å². The first-order chi connectivity index (χ1) is 6.70. The van der Waals surface area contributed by atoms with Gasteiger partial charge in [0.05, 0.1) is 12.7 Å². The highest BCUT2D eigenvalue weighted by Gasteiger charge is 2.07. The Labute approximate surface area is 89.4 Å². The van der Waals surface area contributed by atoms with E-state index in [0.29, 0.717) is 12.1 Å². The monoisotopic (exact) mass is 201 g/mol. The van der Waals surface area contributed by atoms with Crippen molar-refractivity contribution in [1.82, 2.24) is 5.32 Å². The van der Waals surface area contributed by atoms with E-state index in [-0.39, 0.29) is 0 Å². The van der Waals surface area contributed by atoms with Crippen LogP contribution in [0.5, 0.6) is 0 Å². The number of ether oxygens (including phenoxy) is 1. The topological polar surface area (TPSA) is 21.3 Å². The highest BCUT2D eigenvalue weighted by molar-refractivity contribution is 4.65. The maximum absolute atomic E-state index is 5.62. The Hall–Kier alpha value is -0.0800. The van der Waals surface area contributed by atoms with Gasteiger partial charge in [0.2, 0.25) is 0 Å². The van der Waals surface area contributed by atoms with Crippen molar-refractivity contribution in [2.24, 2.45) is 0 Å². The first-order valence-electron chi connectivity index (χ1n) is 6.05. The van der Waals surface area contributed by atoms with Gasteiger partial charge in [-0.25, -0.2) is 0 Å². The van der Waals surface area contributed by atoms with Crippen molar-refractivity contribution in [2.75, 3.05) is 13.2 Å². The predicted octanol–water partition coefficient (Wildman–Crippen LogP) is 2.97. The van der Waals surface area contributed by atoms with E-state index >= 15 is 0 Å². The molecule has 0 aromatic heterocycles.